The lowest BCUT2D eigenvalue weighted by molar-refractivity contribution is 0.309. The number of hydrogen-bond acceptors (Lipinski definition) is 4. The summed E-state index contributed by atoms with van der Waals surface area (Å²) in [4.78, 5) is 1.08. The van der Waals surface area contributed by atoms with Gasteiger partial charge in [-0.15, -0.1) is 11.3 Å². The van der Waals surface area contributed by atoms with E-state index in [1.165, 1.54) is 11.3 Å². The minimum absolute atomic E-state index is 0.504. The Morgan fingerprint density at radius 2 is 2.00 bits per heavy atom. The van der Waals surface area contributed by atoms with E-state index in [1.54, 1.807) is 6.92 Å². The SMILES string of the molecule is C/C(=N\O)c1ccc(OCc2ccc(Cl)s2)cc1. The number of rotatable bonds is 4. The third-order valence-electron chi connectivity index (χ3n) is 2.43. The van der Waals surface area contributed by atoms with Crippen molar-refractivity contribution in [3.63, 3.8) is 0 Å². The highest BCUT2D eigenvalue weighted by atomic mass is 35.5. The first-order valence-electron chi connectivity index (χ1n) is 5.35. The Kier molecular flexibility index (Phi) is 4.23. The lowest BCUT2D eigenvalue weighted by atomic mass is 10.1. The van der Waals surface area contributed by atoms with E-state index in [9.17, 15) is 0 Å². The van der Waals surface area contributed by atoms with Crippen LogP contribution in [-0.2, 0) is 6.61 Å². The van der Waals surface area contributed by atoms with Crippen LogP contribution in [0.1, 0.15) is 17.4 Å². The molecule has 1 aromatic carbocycles. The highest BCUT2D eigenvalue weighted by Crippen LogP contribution is 2.23. The quantitative estimate of drug-likeness (QED) is 0.519. The van der Waals surface area contributed by atoms with Crippen LogP contribution in [0.2, 0.25) is 4.34 Å². The average molecular weight is 282 g/mol. The zero-order chi connectivity index (χ0) is 13.0. The van der Waals surface area contributed by atoms with Crippen molar-refractivity contribution < 1.29 is 9.94 Å². The van der Waals surface area contributed by atoms with Gasteiger partial charge in [-0.2, -0.15) is 0 Å². The molecule has 0 saturated heterocycles. The Morgan fingerprint density at radius 1 is 1.28 bits per heavy atom. The molecule has 0 saturated carbocycles. The topological polar surface area (TPSA) is 41.8 Å². The van der Waals surface area contributed by atoms with Crippen molar-refractivity contribution in [2.75, 3.05) is 0 Å². The van der Waals surface area contributed by atoms with E-state index in [1.807, 2.05) is 36.4 Å². The summed E-state index contributed by atoms with van der Waals surface area (Å²) >= 11 is 7.35. The van der Waals surface area contributed by atoms with Gasteiger partial charge in [-0.05, 0) is 48.9 Å². The highest BCUT2D eigenvalue weighted by Gasteiger charge is 2.01. The van der Waals surface area contributed by atoms with Crippen LogP contribution in [-0.4, -0.2) is 10.9 Å². The zero-order valence-corrected chi connectivity index (χ0v) is 11.3. The van der Waals surface area contributed by atoms with Crippen molar-refractivity contribution in [1.29, 1.82) is 0 Å². The van der Waals surface area contributed by atoms with Crippen LogP contribution in [0.4, 0.5) is 0 Å². The molecule has 0 bridgehead atoms. The standard InChI is InChI=1S/C13H12ClNO2S/c1-9(15-16)10-2-4-11(5-3-10)17-8-12-6-7-13(14)18-12/h2-7,16H,8H2,1H3/b15-9+. The Bertz CT molecular complexity index is 548. The molecule has 94 valence electrons. The van der Waals surface area contributed by atoms with Gasteiger partial charge in [-0.1, -0.05) is 16.8 Å². The summed E-state index contributed by atoms with van der Waals surface area (Å²) < 4.78 is 6.39. The van der Waals surface area contributed by atoms with Crippen LogP contribution in [0.3, 0.4) is 0 Å². The van der Waals surface area contributed by atoms with Crippen LogP contribution >= 0.6 is 22.9 Å². The predicted molar refractivity (Wildman–Crippen MR) is 74.1 cm³/mol. The molecule has 1 N–H and O–H groups in total. The van der Waals surface area contributed by atoms with E-state index >= 15 is 0 Å². The number of hydrogen-bond donors (Lipinski definition) is 1. The second kappa shape index (κ2) is 5.89. The number of halogens is 1. The molecule has 0 fully saturated rings. The molecule has 0 aliphatic carbocycles. The minimum atomic E-state index is 0.504. The molecular weight excluding hydrogens is 270 g/mol. The predicted octanol–water partition coefficient (Wildman–Crippen LogP) is 4.18. The molecule has 0 aliphatic rings. The molecule has 0 aliphatic heterocycles. The third-order valence-corrected chi connectivity index (χ3v) is 3.64. The molecule has 2 aromatic rings. The first kappa shape index (κ1) is 12.9. The Balaban J connectivity index is 1.98. The molecule has 0 atom stereocenters. The highest BCUT2D eigenvalue weighted by molar-refractivity contribution is 7.16. The first-order chi connectivity index (χ1) is 8.69. The molecule has 5 heteroatoms. The summed E-state index contributed by atoms with van der Waals surface area (Å²) in [6.45, 7) is 2.24. The summed E-state index contributed by atoms with van der Waals surface area (Å²) in [5.41, 5.74) is 1.44. The number of benzene rings is 1. The van der Waals surface area contributed by atoms with Gasteiger partial charge in [0.25, 0.3) is 0 Å². The van der Waals surface area contributed by atoms with E-state index in [0.717, 1.165) is 20.5 Å². The number of nitrogens with zero attached hydrogens (tertiary/aromatic N) is 1. The monoisotopic (exact) mass is 281 g/mol. The van der Waals surface area contributed by atoms with Gasteiger partial charge in [0.2, 0.25) is 0 Å². The van der Waals surface area contributed by atoms with E-state index < -0.39 is 0 Å². The lowest BCUT2D eigenvalue weighted by Crippen LogP contribution is -1.96. The fourth-order valence-electron chi connectivity index (χ4n) is 1.43. The summed E-state index contributed by atoms with van der Waals surface area (Å²) in [5.74, 6) is 0.772. The van der Waals surface area contributed by atoms with Crippen LogP contribution in [0.15, 0.2) is 41.6 Å². The number of oxime groups is 1. The smallest absolute Gasteiger partial charge is 0.122 e. The van der Waals surface area contributed by atoms with E-state index in [0.29, 0.717) is 12.3 Å². The van der Waals surface area contributed by atoms with Crippen LogP contribution in [0.25, 0.3) is 0 Å². The molecule has 2 rings (SSSR count). The van der Waals surface area contributed by atoms with Crippen molar-refractivity contribution in [1.82, 2.24) is 0 Å². The summed E-state index contributed by atoms with van der Waals surface area (Å²) in [6.07, 6.45) is 0. The van der Waals surface area contributed by atoms with E-state index in [-0.39, 0.29) is 0 Å². The largest absolute Gasteiger partial charge is 0.488 e. The minimum Gasteiger partial charge on any atom is -0.488 e. The molecule has 0 amide bonds. The molecule has 3 nitrogen and oxygen atoms in total. The maximum absolute atomic E-state index is 8.66. The van der Waals surface area contributed by atoms with Crippen LogP contribution < -0.4 is 4.74 Å². The van der Waals surface area contributed by atoms with Crippen molar-refractivity contribution in [2.45, 2.75) is 13.5 Å². The van der Waals surface area contributed by atoms with Crippen molar-refractivity contribution in [2.24, 2.45) is 5.16 Å². The fourth-order valence-corrected chi connectivity index (χ4v) is 2.43. The zero-order valence-electron chi connectivity index (χ0n) is 9.76. The van der Waals surface area contributed by atoms with Gasteiger partial charge in [0.15, 0.2) is 0 Å². The third kappa shape index (κ3) is 3.24. The summed E-state index contributed by atoms with van der Waals surface area (Å²) in [7, 11) is 0. The maximum Gasteiger partial charge on any atom is 0.122 e. The van der Waals surface area contributed by atoms with Crippen molar-refractivity contribution in [3.05, 3.63) is 51.2 Å². The van der Waals surface area contributed by atoms with E-state index in [4.69, 9.17) is 21.5 Å². The van der Waals surface area contributed by atoms with Crippen LogP contribution in [0.5, 0.6) is 5.75 Å². The number of ether oxygens (including phenoxy) is 1. The van der Waals surface area contributed by atoms with Gasteiger partial charge >= 0.3 is 0 Å². The Hall–Kier alpha value is -1.52. The second-order valence-corrected chi connectivity index (χ2v) is 5.50. The molecule has 1 aromatic heterocycles. The summed E-state index contributed by atoms with van der Waals surface area (Å²) in [6, 6.07) is 11.2. The van der Waals surface area contributed by atoms with E-state index in [2.05, 4.69) is 5.16 Å². The van der Waals surface area contributed by atoms with Crippen molar-refractivity contribution >= 4 is 28.6 Å². The Morgan fingerprint density at radius 3 is 2.56 bits per heavy atom. The Labute approximate surface area is 114 Å². The van der Waals surface area contributed by atoms with Gasteiger partial charge in [-0.25, -0.2) is 0 Å². The molecule has 0 radical (unpaired) electrons. The van der Waals surface area contributed by atoms with Gasteiger partial charge < -0.3 is 9.94 Å². The van der Waals surface area contributed by atoms with Crippen LogP contribution in [0, 0.1) is 0 Å². The summed E-state index contributed by atoms with van der Waals surface area (Å²) in [5, 5.41) is 11.8. The molecule has 0 spiro atoms. The first-order valence-corrected chi connectivity index (χ1v) is 6.54. The number of thiophene rings is 1. The van der Waals surface area contributed by atoms with Gasteiger partial charge in [0.1, 0.15) is 12.4 Å². The second-order valence-electron chi connectivity index (χ2n) is 3.70. The van der Waals surface area contributed by atoms with Gasteiger partial charge in [0, 0.05) is 4.88 Å². The molecular formula is C13H12ClNO2S. The fraction of sp³-hybridized carbons (Fsp3) is 0.154. The van der Waals surface area contributed by atoms with Crippen molar-refractivity contribution in [3.8, 4) is 5.75 Å². The average Bonchev–Trinajstić information content (AvgIpc) is 2.82. The lowest BCUT2D eigenvalue weighted by Gasteiger charge is -2.05. The van der Waals surface area contributed by atoms with Gasteiger partial charge in [-0.3, -0.25) is 0 Å². The molecule has 1 heterocycles. The molecule has 0 unspecified atom stereocenters. The molecule has 18 heavy (non-hydrogen) atoms. The normalized spacial score (nSPS) is 11.6. The van der Waals surface area contributed by atoms with Gasteiger partial charge in [0.05, 0.1) is 10.0 Å². The maximum atomic E-state index is 8.66.